The van der Waals surface area contributed by atoms with Gasteiger partial charge in [0, 0.05) is 51.7 Å². The number of H-pyrrole nitrogens is 1. The van der Waals surface area contributed by atoms with E-state index in [1.807, 2.05) is 12.1 Å². The van der Waals surface area contributed by atoms with E-state index in [-0.39, 0.29) is 11.5 Å². The minimum absolute atomic E-state index is 0.168. The number of hydrogen-bond acceptors (Lipinski definition) is 6. The van der Waals surface area contributed by atoms with Crippen LogP contribution >= 0.6 is 12.2 Å². The summed E-state index contributed by atoms with van der Waals surface area (Å²) in [7, 11) is 1.62. The Morgan fingerprint density at radius 1 is 1.25 bits per heavy atom. The lowest BCUT2D eigenvalue weighted by Gasteiger charge is -2.17. The van der Waals surface area contributed by atoms with Crippen molar-refractivity contribution >= 4 is 34.8 Å². The van der Waals surface area contributed by atoms with Crippen molar-refractivity contribution < 1.29 is 9.53 Å². The maximum Gasteiger partial charge on any atom is 0.262 e. The monoisotopic (exact) mass is 453 g/mol. The number of nitrogens with zero attached hydrogens (tertiary/aromatic N) is 3. The molecule has 3 aromatic rings. The van der Waals surface area contributed by atoms with Crippen molar-refractivity contribution in [2.45, 2.75) is 32.4 Å². The maximum atomic E-state index is 12.8. The van der Waals surface area contributed by atoms with Gasteiger partial charge in [0.05, 0.1) is 10.9 Å². The number of nitrogens with one attached hydrogen (secondary N) is 2. The molecule has 1 aliphatic heterocycles. The van der Waals surface area contributed by atoms with Gasteiger partial charge in [0.15, 0.2) is 4.77 Å². The van der Waals surface area contributed by atoms with Crippen LogP contribution in [0.15, 0.2) is 41.3 Å². The third-order valence-electron chi connectivity index (χ3n) is 5.67. The largest absolute Gasteiger partial charge is 0.385 e. The Morgan fingerprint density at radius 3 is 2.84 bits per heavy atom. The SMILES string of the molecule is COCCCn1c(=S)[nH]c2cc(C(=O)NCc3ccnc(N4CCCC4)c3)ccc2c1=O. The molecule has 0 bridgehead atoms. The lowest BCUT2D eigenvalue weighted by atomic mass is 10.1. The normalized spacial score (nSPS) is 13.6. The van der Waals surface area contributed by atoms with Crippen LogP contribution in [-0.4, -0.2) is 47.2 Å². The molecule has 0 atom stereocenters. The number of ether oxygens (including phenoxy) is 1. The summed E-state index contributed by atoms with van der Waals surface area (Å²) in [6.45, 7) is 3.48. The van der Waals surface area contributed by atoms with Crippen molar-refractivity contribution in [3.8, 4) is 0 Å². The molecule has 2 N–H and O–H groups in total. The van der Waals surface area contributed by atoms with E-state index in [4.69, 9.17) is 17.0 Å². The first-order valence-corrected chi connectivity index (χ1v) is 11.2. The molecule has 0 saturated carbocycles. The van der Waals surface area contributed by atoms with Crippen molar-refractivity contribution in [3.63, 3.8) is 0 Å². The summed E-state index contributed by atoms with van der Waals surface area (Å²) in [5, 5.41) is 3.45. The Bertz CT molecular complexity index is 1230. The molecule has 9 heteroatoms. The van der Waals surface area contributed by atoms with E-state index in [0.717, 1.165) is 24.5 Å². The van der Waals surface area contributed by atoms with Gasteiger partial charge in [-0.1, -0.05) is 0 Å². The number of benzene rings is 1. The summed E-state index contributed by atoms with van der Waals surface area (Å²) < 4.78 is 6.91. The van der Waals surface area contributed by atoms with Crippen LogP contribution in [0, 0.1) is 4.77 Å². The number of fused-ring (bicyclic) bond motifs is 1. The van der Waals surface area contributed by atoms with E-state index in [2.05, 4.69) is 20.2 Å². The number of hydrogen-bond donors (Lipinski definition) is 2. The Balaban J connectivity index is 1.48. The highest BCUT2D eigenvalue weighted by Gasteiger charge is 2.14. The standard InChI is InChI=1S/C23H27N5O3S/c1-31-12-4-11-28-22(30)18-6-5-17(14-19(18)26-23(28)32)21(29)25-15-16-7-8-24-20(13-16)27-9-2-3-10-27/h5-8,13-14H,2-4,9-12,15H2,1H3,(H,25,29)(H,26,32). The maximum absolute atomic E-state index is 12.8. The smallest absolute Gasteiger partial charge is 0.262 e. The average Bonchev–Trinajstić information content (AvgIpc) is 3.34. The van der Waals surface area contributed by atoms with E-state index in [1.165, 1.54) is 17.4 Å². The first-order chi connectivity index (χ1) is 15.6. The molecule has 4 rings (SSSR count). The minimum Gasteiger partial charge on any atom is -0.385 e. The lowest BCUT2D eigenvalue weighted by molar-refractivity contribution is 0.0951. The molecule has 168 valence electrons. The number of anilines is 1. The van der Waals surface area contributed by atoms with Gasteiger partial charge in [0.25, 0.3) is 11.5 Å². The Morgan fingerprint density at radius 2 is 2.06 bits per heavy atom. The third kappa shape index (κ3) is 4.89. The number of methoxy groups -OCH3 is 1. The van der Waals surface area contributed by atoms with Crippen LogP contribution in [0.3, 0.4) is 0 Å². The van der Waals surface area contributed by atoms with Crippen LogP contribution in [0.5, 0.6) is 0 Å². The zero-order valence-electron chi connectivity index (χ0n) is 18.1. The van der Waals surface area contributed by atoms with Gasteiger partial charge >= 0.3 is 0 Å². The predicted molar refractivity (Wildman–Crippen MR) is 127 cm³/mol. The molecule has 0 aliphatic carbocycles. The highest BCUT2D eigenvalue weighted by atomic mass is 32.1. The molecule has 1 aliphatic rings. The quantitative estimate of drug-likeness (QED) is 0.402. The average molecular weight is 454 g/mol. The predicted octanol–water partition coefficient (Wildman–Crippen LogP) is 3.02. The Hall–Kier alpha value is -3.04. The Kier molecular flexibility index (Phi) is 6.96. The van der Waals surface area contributed by atoms with E-state index in [1.54, 1.807) is 31.5 Å². The van der Waals surface area contributed by atoms with Crippen molar-refractivity contribution in [1.29, 1.82) is 0 Å². The van der Waals surface area contributed by atoms with Crippen molar-refractivity contribution in [1.82, 2.24) is 19.9 Å². The van der Waals surface area contributed by atoms with Gasteiger partial charge < -0.3 is 19.9 Å². The summed E-state index contributed by atoms with van der Waals surface area (Å²) in [6.07, 6.45) is 4.84. The topological polar surface area (TPSA) is 92.2 Å². The fourth-order valence-electron chi connectivity index (χ4n) is 3.94. The van der Waals surface area contributed by atoms with Crippen LogP contribution in [0.25, 0.3) is 10.9 Å². The van der Waals surface area contributed by atoms with Crippen LogP contribution in [0.1, 0.15) is 35.2 Å². The van der Waals surface area contributed by atoms with E-state index in [0.29, 0.717) is 47.4 Å². The second-order valence-electron chi connectivity index (χ2n) is 7.89. The third-order valence-corrected chi connectivity index (χ3v) is 5.99. The molecule has 1 aromatic carbocycles. The lowest BCUT2D eigenvalue weighted by Crippen LogP contribution is -2.25. The first-order valence-electron chi connectivity index (χ1n) is 10.8. The van der Waals surface area contributed by atoms with Gasteiger partial charge in [-0.2, -0.15) is 0 Å². The number of carbonyl (C=O) groups excluding carboxylic acids is 1. The van der Waals surface area contributed by atoms with Gasteiger partial charge in [-0.15, -0.1) is 0 Å². The number of amides is 1. The second kappa shape index (κ2) is 10.1. The molecule has 1 fully saturated rings. The van der Waals surface area contributed by atoms with Gasteiger partial charge in [0.2, 0.25) is 0 Å². The summed E-state index contributed by atoms with van der Waals surface area (Å²) in [6, 6.07) is 8.93. The molecule has 8 nitrogen and oxygen atoms in total. The fraction of sp³-hybridized carbons (Fsp3) is 0.391. The van der Waals surface area contributed by atoms with Crippen LogP contribution in [0.4, 0.5) is 5.82 Å². The highest BCUT2D eigenvalue weighted by molar-refractivity contribution is 7.71. The van der Waals surface area contributed by atoms with Crippen molar-refractivity contribution in [2.24, 2.45) is 0 Å². The highest BCUT2D eigenvalue weighted by Crippen LogP contribution is 2.18. The molecule has 2 aromatic heterocycles. The molecule has 1 amide bonds. The minimum atomic E-state index is -0.213. The van der Waals surface area contributed by atoms with E-state index < -0.39 is 0 Å². The number of aromatic amines is 1. The zero-order chi connectivity index (χ0) is 22.5. The zero-order valence-corrected chi connectivity index (χ0v) is 18.9. The molecule has 3 heterocycles. The summed E-state index contributed by atoms with van der Waals surface area (Å²) in [4.78, 5) is 35.3. The van der Waals surface area contributed by atoms with Crippen LogP contribution in [-0.2, 0) is 17.8 Å². The number of rotatable bonds is 8. The molecule has 0 spiro atoms. The summed E-state index contributed by atoms with van der Waals surface area (Å²) in [5.74, 6) is 0.740. The van der Waals surface area contributed by atoms with E-state index in [9.17, 15) is 9.59 Å². The molecular weight excluding hydrogens is 426 g/mol. The fourth-order valence-corrected chi connectivity index (χ4v) is 4.22. The second-order valence-corrected chi connectivity index (χ2v) is 8.28. The van der Waals surface area contributed by atoms with Crippen molar-refractivity contribution in [2.75, 3.05) is 31.7 Å². The van der Waals surface area contributed by atoms with Crippen LogP contribution < -0.4 is 15.8 Å². The molecular formula is C23H27N5O3S. The first kappa shape index (κ1) is 22.2. The molecule has 0 unspecified atom stereocenters. The van der Waals surface area contributed by atoms with Gasteiger partial charge in [-0.25, -0.2) is 4.98 Å². The summed E-state index contributed by atoms with van der Waals surface area (Å²) >= 11 is 5.35. The molecule has 32 heavy (non-hydrogen) atoms. The number of carbonyl (C=O) groups is 1. The Labute approximate surface area is 191 Å². The number of pyridine rings is 1. The number of aromatic nitrogens is 3. The molecule has 1 saturated heterocycles. The van der Waals surface area contributed by atoms with E-state index >= 15 is 0 Å². The summed E-state index contributed by atoms with van der Waals surface area (Å²) in [5.41, 5.74) is 1.84. The van der Waals surface area contributed by atoms with Gasteiger partial charge in [-0.05, 0) is 67.4 Å². The molecule has 0 radical (unpaired) electrons. The van der Waals surface area contributed by atoms with Crippen molar-refractivity contribution in [3.05, 3.63) is 62.8 Å². The van der Waals surface area contributed by atoms with Crippen LogP contribution in [0.2, 0.25) is 0 Å². The van der Waals surface area contributed by atoms with Gasteiger partial charge in [-0.3, -0.25) is 14.2 Å². The van der Waals surface area contributed by atoms with Gasteiger partial charge in [0.1, 0.15) is 5.82 Å².